The van der Waals surface area contributed by atoms with E-state index in [2.05, 4.69) is 14.8 Å². The standard InChI is InChI=1S/C11H18N4O4S2/c1-18-4-5-19-6-7-21(16,17)14-3-2-10-8-20-11-12-9-13-15(10)11/h8-9,14H,2-7H2,1H3. The van der Waals surface area contributed by atoms with E-state index in [1.54, 1.807) is 11.6 Å². The maximum atomic E-state index is 11.8. The molecule has 1 N–H and O–H groups in total. The van der Waals surface area contributed by atoms with Gasteiger partial charge in [-0.2, -0.15) is 5.10 Å². The molecule has 2 rings (SSSR count). The SMILES string of the molecule is COCCOCCS(=O)(=O)NCCc1csc2ncnn12. The number of hydrogen-bond acceptors (Lipinski definition) is 7. The van der Waals surface area contributed by atoms with E-state index in [0.717, 1.165) is 10.7 Å². The van der Waals surface area contributed by atoms with Crippen LogP contribution in [0.15, 0.2) is 11.7 Å². The smallest absolute Gasteiger partial charge is 0.213 e. The molecule has 8 nitrogen and oxygen atoms in total. The summed E-state index contributed by atoms with van der Waals surface area (Å²) in [4.78, 5) is 4.87. The van der Waals surface area contributed by atoms with E-state index in [1.807, 2.05) is 5.38 Å². The third kappa shape index (κ3) is 5.00. The molecule has 0 saturated carbocycles. The zero-order valence-electron chi connectivity index (χ0n) is 11.7. The number of nitrogens with one attached hydrogen (secondary N) is 1. The van der Waals surface area contributed by atoms with Gasteiger partial charge < -0.3 is 9.47 Å². The van der Waals surface area contributed by atoms with Crippen molar-refractivity contribution in [1.29, 1.82) is 0 Å². The van der Waals surface area contributed by atoms with Crippen molar-refractivity contribution < 1.29 is 17.9 Å². The summed E-state index contributed by atoms with van der Waals surface area (Å²) < 4.78 is 37.7. The fourth-order valence-electron chi connectivity index (χ4n) is 1.66. The van der Waals surface area contributed by atoms with Gasteiger partial charge in [0.2, 0.25) is 15.0 Å². The quantitative estimate of drug-likeness (QED) is 0.611. The number of ether oxygens (including phenoxy) is 2. The summed E-state index contributed by atoms with van der Waals surface area (Å²) in [6.07, 6.45) is 2.05. The lowest BCUT2D eigenvalue weighted by Crippen LogP contribution is -2.30. The maximum Gasteiger partial charge on any atom is 0.213 e. The first-order valence-electron chi connectivity index (χ1n) is 6.42. The molecule has 0 bridgehead atoms. The van der Waals surface area contributed by atoms with Crippen molar-refractivity contribution in [3.63, 3.8) is 0 Å². The van der Waals surface area contributed by atoms with Crippen LogP contribution in [0.2, 0.25) is 0 Å². The van der Waals surface area contributed by atoms with Gasteiger partial charge in [-0.25, -0.2) is 22.6 Å². The molecular formula is C11H18N4O4S2. The fraction of sp³-hybridized carbons (Fsp3) is 0.636. The number of hydrogen-bond donors (Lipinski definition) is 1. The molecule has 118 valence electrons. The molecule has 2 aromatic rings. The van der Waals surface area contributed by atoms with Gasteiger partial charge in [-0.1, -0.05) is 0 Å². The highest BCUT2D eigenvalue weighted by atomic mass is 32.2. The van der Waals surface area contributed by atoms with Crippen molar-refractivity contribution in [2.75, 3.05) is 39.2 Å². The van der Waals surface area contributed by atoms with Gasteiger partial charge in [-0.3, -0.25) is 0 Å². The largest absolute Gasteiger partial charge is 0.382 e. The molecule has 0 radical (unpaired) electrons. The summed E-state index contributed by atoms with van der Waals surface area (Å²) >= 11 is 1.48. The third-order valence-electron chi connectivity index (χ3n) is 2.72. The van der Waals surface area contributed by atoms with E-state index < -0.39 is 10.0 Å². The van der Waals surface area contributed by atoms with Gasteiger partial charge >= 0.3 is 0 Å². The monoisotopic (exact) mass is 334 g/mol. The van der Waals surface area contributed by atoms with Gasteiger partial charge in [0, 0.05) is 25.5 Å². The first-order chi connectivity index (χ1) is 10.1. The average molecular weight is 334 g/mol. The molecule has 2 heterocycles. The molecule has 21 heavy (non-hydrogen) atoms. The molecule has 0 unspecified atom stereocenters. The molecule has 0 fully saturated rings. The predicted octanol–water partition coefficient (Wildman–Crippen LogP) is -0.0843. The number of nitrogens with zero attached hydrogens (tertiary/aromatic N) is 3. The number of rotatable bonds is 10. The fourth-order valence-corrected chi connectivity index (χ4v) is 3.39. The Kier molecular flexibility index (Phi) is 6.06. The van der Waals surface area contributed by atoms with Crippen LogP contribution in [0.25, 0.3) is 4.96 Å². The second-order valence-electron chi connectivity index (χ2n) is 4.25. The van der Waals surface area contributed by atoms with Crippen LogP contribution in [0.4, 0.5) is 0 Å². The summed E-state index contributed by atoms with van der Waals surface area (Å²) in [5.41, 5.74) is 0.937. The normalized spacial score (nSPS) is 12.2. The zero-order valence-corrected chi connectivity index (χ0v) is 13.3. The van der Waals surface area contributed by atoms with Crippen molar-refractivity contribution in [2.45, 2.75) is 6.42 Å². The Morgan fingerprint density at radius 1 is 1.38 bits per heavy atom. The summed E-state index contributed by atoms with van der Waals surface area (Å²) in [6, 6.07) is 0. The lowest BCUT2D eigenvalue weighted by molar-refractivity contribution is 0.0784. The minimum absolute atomic E-state index is 0.0565. The van der Waals surface area contributed by atoms with Gasteiger partial charge in [0.1, 0.15) is 6.33 Å². The molecule has 0 aliphatic rings. The van der Waals surface area contributed by atoms with Crippen LogP contribution in [0, 0.1) is 0 Å². The van der Waals surface area contributed by atoms with Crippen molar-refractivity contribution in [1.82, 2.24) is 19.3 Å². The van der Waals surface area contributed by atoms with E-state index in [1.165, 1.54) is 17.7 Å². The van der Waals surface area contributed by atoms with Crippen LogP contribution < -0.4 is 4.72 Å². The highest BCUT2D eigenvalue weighted by Gasteiger charge is 2.11. The van der Waals surface area contributed by atoms with Crippen LogP contribution in [-0.2, 0) is 25.9 Å². The Hall–Kier alpha value is -1.07. The van der Waals surface area contributed by atoms with Crippen molar-refractivity contribution in [2.24, 2.45) is 0 Å². The molecule has 0 amide bonds. The third-order valence-corrected chi connectivity index (χ3v) is 4.95. The van der Waals surface area contributed by atoms with Crippen LogP contribution in [0.1, 0.15) is 5.69 Å². The zero-order chi connectivity index (χ0) is 15.1. The second kappa shape index (κ2) is 7.80. The predicted molar refractivity (Wildman–Crippen MR) is 79.1 cm³/mol. The Bertz CT molecular complexity index is 652. The molecule has 2 aromatic heterocycles. The Morgan fingerprint density at radius 3 is 3.05 bits per heavy atom. The highest BCUT2D eigenvalue weighted by Crippen LogP contribution is 2.12. The molecule has 0 aliphatic heterocycles. The lowest BCUT2D eigenvalue weighted by atomic mass is 10.3. The molecule has 0 saturated heterocycles. The maximum absolute atomic E-state index is 11.8. The summed E-state index contributed by atoms with van der Waals surface area (Å²) in [6.45, 7) is 1.33. The van der Waals surface area contributed by atoms with Gasteiger partial charge in [0.25, 0.3) is 0 Å². The Morgan fingerprint density at radius 2 is 2.24 bits per heavy atom. The molecule has 0 spiro atoms. The van der Waals surface area contributed by atoms with E-state index in [-0.39, 0.29) is 12.4 Å². The topological polar surface area (TPSA) is 94.8 Å². The Labute approximate surface area is 127 Å². The first-order valence-corrected chi connectivity index (χ1v) is 8.96. The van der Waals surface area contributed by atoms with Crippen LogP contribution in [-0.4, -0.2) is 62.2 Å². The van der Waals surface area contributed by atoms with E-state index in [4.69, 9.17) is 9.47 Å². The molecule has 0 atom stereocenters. The number of sulfonamides is 1. The highest BCUT2D eigenvalue weighted by molar-refractivity contribution is 7.89. The van der Waals surface area contributed by atoms with E-state index in [9.17, 15) is 8.42 Å². The molecule has 10 heteroatoms. The van der Waals surface area contributed by atoms with Gasteiger partial charge in [0.15, 0.2) is 0 Å². The molecular weight excluding hydrogens is 316 g/mol. The number of methoxy groups -OCH3 is 1. The molecule has 0 aromatic carbocycles. The number of fused-ring (bicyclic) bond motifs is 1. The summed E-state index contributed by atoms with van der Waals surface area (Å²) in [5, 5.41) is 6.01. The lowest BCUT2D eigenvalue weighted by Gasteiger charge is -2.07. The van der Waals surface area contributed by atoms with E-state index in [0.29, 0.717) is 26.2 Å². The number of aromatic nitrogens is 3. The summed E-state index contributed by atoms with van der Waals surface area (Å²) in [5.74, 6) is -0.0565. The number of thiazole rings is 1. The van der Waals surface area contributed by atoms with Gasteiger partial charge in [0.05, 0.1) is 31.3 Å². The van der Waals surface area contributed by atoms with Gasteiger partial charge in [-0.15, -0.1) is 11.3 Å². The van der Waals surface area contributed by atoms with Crippen molar-refractivity contribution in [3.05, 3.63) is 17.4 Å². The van der Waals surface area contributed by atoms with Gasteiger partial charge in [-0.05, 0) is 0 Å². The van der Waals surface area contributed by atoms with Crippen LogP contribution in [0.5, 0.6) is 0 Å². The summed E-state index contributed by atoms with van der Waals surface area (Å²) in [7, 11) is -1.75. The average Bonchev–Trinajstić information content (AvgIpc) is 3.03. The van der Waals surface area contributed by atoms with Crippen LogP contribution >= 0.6 is 11.3 Å². The minimum atomic E-state index is -3.32. The second-order valence-corrected chi connectivity index (χ2v) is 7.01. The minimum Gasteiger partial charge on any atom is -0.382 e. The van der Waals surface area contributed by atoms with Crippen molar-refractivity contribution in [3.8, 4) is 0 Å². The van der Waals surface area contributed by atoms with Crippen molar-refractivity contribution >= 4 is 26.3 Å². The molecule has 0 aliphatic carbocycles. The van der Waals surface area contributed by atoms with Crippen LogP contribution in [0.3, 0.4) is 0 Å². The van der Waals surface area contributed by atoms with E-state index >= 15 is 0 Å². The Balaban J connectivity index is 1.71. The first kappa shape index (κ1) is 16.3.